The number of aromatic nitrogens is 4. The first kappa shape index (κ1) is 16.4. The Morgan fingerprint density at radius 3 is 3.07 bits per heavy atom. The zero-order valence-electron chi connectivity index (χ0n) is 14.8. The van der Waals surface area contributed by atoms with Crippen LogP contribution in [-0.4, -0.2) is 36.9 Å². The number of carbonyl (C=O) groups excluding carboxylic acids is 1. The van der Waals surface area contributed by atoms with E-state index in [-0.39, 0.29) is 11.9 Å². The van der Waals surface area contributed by atoms with Crippen LogP contribution >= 0.6 is 15.9 Å². The van der Waals surface area contributed by atoms with Crippen molar-refractivity contribution in [1.82, 2.24) is 24.5 Å². The van der Waals surface area contributed by atoms with Crippen LogP contribution in [0.5, 0.6) is 0 Å². The molecule has 0 spiro atoms. The molecule has 1 amide bonds. The molecule has 5 rings (SSSR count). The van der Waals surface area contributed by atoms with Gasteiger partial charge in [0.15, 0.2) is 22.8 Å². The molecular formula is C19H16BrN5O2. The van der Waals surface area contributed by atoms with E-state index >= 15 is 0 Å². The molecule has 4 heterocycles. The summed E-state index contributed by atoms with van der Waals surface area (Å²) in [5.74, 6) is 0.569. The first-order chi connectivity index (χ1) is 13.0. The van der Waals surface area contributed by atoms with Gasteiger partial charge in [0.1, 0.15) is 5.52 Å². The molecule has 0 radical (unpaired) electrons. The summed E-state index contributed by atoms with van der Waals surface area (Å²) in [6.45, 7) is 4.51. The summed E-state index contributed by atoms with van der Waals surface area (Å²) in [5.41, 5.74) is 5.03. The lowest BCUT2D eigenvalue weighted by Crippen LogP contribution is -2.39. The molecule has 4 aromatic rings. The van der Waals surface area contributed by atoms with Crippen molar-refractivity contribution in [1.29, 1.82) is 0 Å². The molecule has 0 fully saturated rings. The Morgan fingerprint density at radius 1 is 1.37 bits per heavy atom. The first-order valence-corrected chi connectivity index (χ1v) is 9.51. The Kier molecular flexibility index (Phi) is 3.58. The molecule has 0 bridgehead atoms. The van der Waals surface area contributed by atoms with Gasteiger partial charge in [0.25, 0.3) is 5.91 Å². The second-order valence-electron chi connectivity index (χ2n) is 6.74. The van der Waals surface area contributed by atoms with Crippen molar-refractivity contribution in [2.24, 2.45) is 0 Å². The Labute approximate surface area is 163 Å². The van der Waals surface area contributed by atoms with E-state index in [1.165, 1.54) is 5.56 Å². The Hall–Kier alpha value is -2.74. The molecule has 0 N–H and O–H groups in total. The molecule has 1 unspecified atom stereocenters. The first-order valence-electron chi connectivity index (χ1n) is 8.72. The molecular weight excluding hydrogens is 410 g/mol. The maximum atomic E-state index is 13.1. The number of hydrogen-bond acceptors (Lipinski definition) is 5. The van der Waals surface area contributed by atoms with Gasteiger partial charge in [0, 0.05) is 31.9 Å². The predicted octanol–water partition coefficient (Wildman–Crippen LogP) is 3.70. The summed E-state index contributed by atoms with van der Waals surface area (Å²) < 4.78 is 8.06. The number of halogens is 1. The summed E-state index contributed by atoms with van der Waals surface area (Å²) >= 11 is 3.37. The van der Waals surface area contributed by atoms with Crippen molar-refractivity contribution in [2.75, 3.05) is 6.54 Å². The zero-order valence-corrected chi connectivity index (χ0v) is 16.4. The van der Waals surface area contributed by atoms with Crippen molar-refractivity contribution in [3.8, 4) is 0 Å². The normalized spacial score (nSPS) is 16.9. The molecule has 3 aromatic heterocycles. The van der Waals surface area contributed by atoms with Crippen LogP contribution in [0.4, 0.5) is 0 Å². The lowest BCUT2D eigenvalue weighted by atomic mass is 9.92. The SMILES string of the molecule is Cc1nc2c3c(ccc2o1)C(C)N(C(=O)c1cc2ncc(Br)cn2n1)CC3. The second kappa shape index (κ2) is 5.88. The molecule has 0 saturated heterocycles. The van der Waals surface area contributed by atoms with Crippen LogP contribution in [0, 0.1) is 6.92 Å². The molecule has 0 aliphatic carbocycles. The minimum absolute atomic E-state index is 0.0628. The van der Waals surface area contributed by atoms with Gasteiger partial charge in [-0.1, -0.05) is 6.07 Å². The Bertz CT molecular complexity index is 1210. The van der Waals surface area contributed by atoms with Gasteiger partial charge < -0.3 is 9.32 Å². The standard InChI is InChI=1S/C19H16BrN5O2/c1-10-13-3-4-16-18(22-11(2)27-16)14(13)5-6-24(10)19(26)15-7-17-21-8-12(20)9-25(17)23-15/h3-4,7-10H,5-6H2,1-2H3. The highest BCUT2D eigenvalue weighted by Gasteiger charge is 2.31. The number of fused-ring (bicyclic) bond motifs is 4. The lowest BCUT2D eigenvalue weighted by molar-refractivity contribution is 0.0671. The molecule has 1 atom stereocenters. The van der Waals surface area contributed by atoms with Crippen LogP contribution in [0.3, 0.4) is 0 Å². The van der Waals surface area contributed by atoms with E-state index in [1.54, 1.807) is 23.0 Å². The van der Waals surface area contributed by atoms with E-state index in [0.29, 0.717) is 23.8 Å². The topological polar surface area (TPSA) is 76.5 Å². The van der Waals surface area contributed by atoms with Gasteiger partial charge in [-0.3, -0.25) is 4.79 Å². The van der Waals surface area contributed by atoms with Gasteiger partial charge in [0.05, 0.1) is 10.5 Å². The fourth-order valence-corrected chi connectivity index (χ4v) is 4.10. The van der Waals surface area contributed by atoms with Gasteiger partial charge in [-0.15, -0.1) is 0 Å². The lowest BCUT2D eigenvalue weighted by Gasteiger charge is -2.34. The maximum Gasteiger partial charge on any atom is 0.274 e. The van der Waals surface area contributed by atoms with E-state index in [1.807, 2.05) is 30.9 Å². The molecule has 7 nitrogen and oxygen atoms in total. The fraction of sp³-hybridized carbons (Fsp3) is 0.263. The van der Waals surface area contributed by atoms with E-state index in [2.05, 4.69) is 31.0 Å². The maximum absolute atomic E-state index is 13.1. The quantitative estimate of drug-likeness (QED) is 0.464. The molecule has 1 aromatic carbocycles. The van der Waals surface area contributed by atoms with E-state index in [9.17, 15) is 4.79 Å². The average molecular weight is 426 g/mol. The van der Waals surface area contributed by atoms with Gasteiger partial charge in [-0.25, -0.2) is 14.5 Å². The van der Waals surface area contributed by atoms with Crippen molar-refractivity contribution in [3.05, 3.63) is 57.8 Å². The van der Waals surface area contributed by atoms with Crippen LogP contribution < -0.4 is 0 Å². The number of oxazole rings is 1. The number of benzene rings is 1. The highest BCUT2D eigenvalue weighted by atomic mass is 79.9. The number of rotatable bonds is 1. The highest BCUT2D eigenvalue weighted by molar-refractivity contribution is 9.10. The van der Waals surface area contributed by atoms with Gasteiger partial charge in [-0.2, -0.15) is 5.10 Å². The number of amides is 1. The fourth-order valence-electron chi connectivity index (χ4n) is 3.81. The molecule has 27 heavy (non-hydrogen) atoms. The number of hydrogen-bond donors (Lipinski definition) is 0. The minimum atomic E-state index is -0.0915. The molecule has 1 aliphatic rings. The van der Waals surface area contributed by atoms with E-state index in [0.717, 1.165) is 27.6 Å². The van der Waals surface area contributed by atoms with Crippen LogP contribution in [0.25, 0.3) is 16.7 Å². The number of carbonyl (C=O) groups is 1. The molecule has 0 saturated carbocycles. The smallest absolute Gasteiger partial charge is 0.274 e. The third-order valence-electron chi connectivity index (χ3n) is 5.09. The summed E-state index contributed by atoms with van der Waals surface area (Å²) in [7, 11) is 0. The Morgan fingerprint density at radius 2 is 2.22 bits per heavy atom. The molecule has 8 heteroatoms. The summed E-state index contributed by atoms with van der Waals surface area (Å²) in [6.07, 6.45) is 4.22. The summed E-state index contributed by atoms with van der Waals surface area (Å²) in [5, 5.41) is 4.40. The minimum Gasteiger partial charge on any atom is -0.441 e. The van der Waals surface area contributed by atoms with Crippen molar-refractivity contribution >= 4 is 38.6 Å². The predicted molar refractivity (Wildman–Crippen MR) is 103 cm³/mol. The van der Waals surface area contributed by atoms with Crippen LogP contribution in [0.15, 0.2) is 39.5 Å². The van der Waals surface area contributed by atoms with Gasteiger partial charge in [0.2, 0.25) is 0 Å². The third kappa shape index (κ3) is 2.55. The third-order valence-corrected chi connectivity index (χ3v) is 5.50. The molecule has 1 aliphatic heterocycles. The largest absolute Gasteiger partial charge is 0.441 e. The average Bonchev–Trinajstić information content (AvgIpc) is 3.23. The van der Waals surface area contributed by atoms with Gasteiger partial charge in [-0.05, 0) is 46.5 Å². The number of aryl methyl sites for hydroxylation is 1. The monoisotopic (exact) mass is 425 g/mol. The second-order valence-corrected chi connectivity index (χ2v) is 7.66. The van der Waals surface area contributed by atoms with Gasteiger partial charge >= 0.3 is 0 Å². The summed E-state index contributed by atoms with van der Waals surface area (Å²) in [4.78, 5) is 23.8. The number of nitrogens with zero attached hydrogens (tertiary/aromatic N) is 5. The van der Waals surface area contributed by atoms with Crippen LogP contribution in [-0.2, 0) is 6.42 Å². The van der Waals surface area contributed by atoms with E-state index < -0.39 is 0 Å². The molecule has 136 valence electrons. The van der Waals surface area contributed by atoms with Crippen molar-refractivity contribution < 1.29 is 9.21 Å². The van der Waals surface area contributed by atoms with E-state index in [4.69, 9.17) is 4.42 Å². The Balaban J connectivity index is 1.52. The van der Waals surface area contributed by atoms with Crippen LogP contribution in [0.2, 0.25) is 0 Å². The van der Waals surface area contributed by atoms with Crippen molar-refractivity contribution in [3.63, 3.8) is 0 Å². The summed E-state index contributed by atoms with van der Waals surface area (Å²) in [6, 6.07) is 5.63. The van der Waals surface area contributed by atoms with Crippen LogP contribution in [0.1, 0.15) is 40.5 Å². The zero-order chi connectivity index (χ0) is 18.7. The van der Waals surface area contributed by atoms with Crippen molar-refractivity contribution in [2.45, 2.75) is 26.3 Å². The highest BCUT2D eigenvalue weighted by Crippen LogP contribution is 2.34.